The Labute approximate surface area is 266 Å². The van der Waals surface area contributed by atoms with Crippen LogP contribution in [0, 0.1) is 23.7 Å². The Morgan fingerprint density at radius 2 is 1.74 bits per heavy atom. The number of hydrogen-bond acceptors (Lipinski definition) is 11. The van der Waals surface area contributed by atoms with Gasteiger partial charge in [0.2, 0.25) is 5.91 Å². The number of likely N-dealkylation sites (N-methyl/N-ethyl adjacent to an activating group) is 1. The number of aliphatic hydroxyl groups excluding tert-OH is 1. The van der Waals surface area contributed by atoms with E-state index >= 15 is 0 Å². The molecule has 12 heteroatoms. The Morgan fingerprint density at radius 3 is 2.35 bits per heavy atom. The molecule has 3 fully saturated rings. The van der Waals surface area contributed by atoms with Crippen LogP contribution in [0.15, 0.2) is 30.3 Å². The number of hydrogen-bond donors (Lipinski definition) is 4. The molecular weight excluding hydrogens is 594 g/mol. The number of likely N-dealkylation sites (tertiary alicyclic amines) is 1. The molecule has 5 N–H and O–H groups in total. The maximum atomic E-state index is 14.3. The number of nitrogens with two attached hydrogens (primary N) is 1. The normalized spacial score (nSPS) is 32.7. The van der Waals surface area contributed by atoms with Gasteiger partial charge in [0.1, 0.15) is 11.5 Å². The smallest absolute Gasteiger partial charge is 0.235 e. The van der Waals surface area contributed by atoms with Crippen molar-refractivity contribution >= 4 is 29.0 Å². The fourth-order valence-electron chi connectivity index (χ4n) is 8.47. The van der Waals surface area contributed by atoms with Crippen molar-refractivity contribution < 1.29 is 44.0 Å². The molecule has 0 spiro atoms. The quantitative estimate of drug-likeness (QED) is 0.328. The van der Waals surface area contributed by atoms with Crippen molar-refractivity contribution in [2.75, 3.05) is 34.3 Å². The van der Waals surface area contributed by atoms with E-state index in [0.29, 0.717) is 29.0 Å². The van der Waals surface area contributed by atoms with Gasteiger partial charge >= 0.3 is 0 Å². The zero-order valence-electron chi connectivity index (χ0n) is 26.2. The number of phenolic OH excluding ortho intramolecular Hbond substituents is 1. The number of methoxy groups -OCH3 is 1. The molecule has 2 unspecified atom stereocenters. The van der Waals surface area contributed by atoms with Crippen molar-refractivity contribution in [3.63, 3.8) is 0 Å². The monoisotopic (exact) mass is 633 g/mol. The van der Waals surface area contributed by atoms with Gasteiger partial charge in [-0.1, -0.05) is 25.1 Å². The summed E-state index contributed by atoms with van der Waals surface area (Å²) in [5.41, 5.74) is 4.38. The number of Topliss-reactive ketones (excluding diaryl/α,β-unsaturated/α-hetero) is 4. The SMILES string of the molecule is COc1ccc(CN2CCCC2)cc1-c1ccc2c(c1O)C(=O)C1C(=O)[C@@]3(O)C(=O)C(C(N)=O)C(=O)[C@H](N(C)C)[C@H]3[C@H](O)[C@H]1[C@@H]2C. The molecule has 2 aromatic carbocycles. The summed E-state index contributed by atoms with van der Waals surface area (Å²) in [7, 11) is 4.41. The van der Waals surface area contributed by atoms with Crippen LogP contribution in [-0.2, 0) is 25.7 Å². The first kappa shape index (κ1) is 32.0. The van der Waals surface area contributed by atoms with Crippen molar-refractivity contribution in [2.24, 2.45) is 29.4 Å². The van der Waals surface area contributed by atoms with E-state index in [2.05, 4.69) is 4.90 Å². The van der Waals surface area contributed by atoms with Crippen LogP contribution in [0.5, 0.6) is 11.5 Å². The molecule has 1 aliphatic heterocycles. The van der Waals surface area contributed by atoms with Crippen LogP contribution in [0.2, 0.25) is 0 Å². The zero-order chi connectivity index (χ0) is 33.4. The summed E-state index contributed by atoms with van der Waals surface area (Å²) in [6.07, 6.45) is 0.570. The molecule has 1 saturated heterocycles. The van der Waals surface area contributed by atoms with Gasteiger partial charge in [0.05, 0.1) is 36.7 Å². The third-order valence-electron chi connectivity index (χ3n) is 10.6. The van der Waals surface area contributed by atoms with E-state index in [1.54, 1.807) is 25.1 Å². The highest BCUT2D eigenvalue weighted by Gasteiger charge is 2.72. The number of carbonyl (C=O) groups excluding carboxylic acids is 5. The van der Waals surface area contributed by atoms with E-state index in [1.165, 1.54) is 26.1 Å². The second kappa shape index (κ2) is 11.4. The first-order valence-corrected chi connectivity index (χ1v) is 15.5. The van der Waals surface area contributed by atoms with E-state index in [9.17, 15) is 39.3 Å². The van der Waals surface area contributed by atoms with Crippen LogP contribution in [-0.4, -0.2) is 106 Å². The third kappa shape index (κ3) is 4.45. The van der Waals surface area contributed by atoms with Crippen molar-refractivity contribution in [3.8, 4) is 22.6 Å². The standard InChI is InChI=1S/C34H39N3O9/c1-15-17-8-9-18(19-13-16(7-10-20(19)46-4)14-37-11-5-6-12-37)27(38)22(17)28(39)23-21(15)29(40)25-26(36(2)3)30(41)24(33(35)44)32(43)34(25,45)31(23)42/h7-10,13,15,21,23-26,29,38,40,45H,5-6,11-12,14H2,1-4H3,(H2,35,44)/t15-,21+,23?,24?,25+,26-,29-,34-/m1/s1. The largest absolute Gasteiger partial charge is 0.507 e. The van der Waals surface area contributed by atoms with Gasteiger partial charge in [-0.05, 0) is 69.2 Å². The molecule has 0 aromatic heterocycles. The first-order chi connectivity index (χ1) is 21.7. The number of carbonyl (C=O) groups is 5. The summed E-state index contributed by atoms with van der Waals surface area (Å²) < 4.78 is 5.60. The molecule has 0 radical (unpaired) electrons. The molecule has 3 aliphatic carbocycles. The number of amides is 1. The Bertz CT molecular complexity index is 1670. The van der Waals surface area contributed by atoms with Gasteiger partial charge in [-0.25, -0.2) is 0 Å². The lowest BCUT2D eigenvalue weighted by molar-refractivity contribution is -0.196. The average molecular weight is 634 g/mol. The number of aliphatic hydroxyl groups is 2. The fraction of sp³-hybridized carbons (Fsp3) is 0.500. The highest BCUT2D eigenvalue weighted by molar-refractivity contribution is 6.32. The summed E-state index contributed by atoms with van der Waals surface area (Å²) in [5.74, 6) is -13.1. The third-order valence-corrected chi connectivity index (χ3v) is 10.6. The van der Waals surface area contributed by atoms with Crippen LogP contribution >= 0.6 is 0 Å². The van der Waals surface area contributed by atoms with Crippen LogP contribution in [0.4, 0.5) is 0 Å². The fourth-order valence-corrected chi connectivity index (χ4v) is 8.47. The van der Waals surface area contributed by atoms with Crippen LogP contribution in [0.25, 0.3) is 11.1 Å². The number of benzene rings is 2. The summed E-state index contributed by atoms with van der Waals surface area (Å²) in [6, 6.07) is 7.54. The predicted octanol–water partition coefficient (Wildman–Crippen LogP) is 0.670. The summed E-state index contributed by atoms with van der Waals surface area (Å²) in [5, 5.41) is 35.4. The van der Waals surface area contributed by atoms with Gasteiger partial charge in [-0.15, -0.1) is 0 Å². The van der Waals surface area contributed by atoms with Crippen molar-refractivity contribution in [3.05, 3.63) is 47.0 Å². The van der Waals surface area contributed by atoms with Crippen molar-refractivity contribution in [2.45, 2.75) is 50.0 Å². The van der Waals surface area contributed by atoms with E-state index in [0.717, 1.165) is 31.5 Å². The highest BCUT2D eigenvalue weighted by Crippen LogP contribution is 2.55. The predicted molar refractivity (Wildman–Crippen MR) is 164 cm³/mol. The Kier molecular flexibility index (Phi) is 7.91. The molecule has 1 amide bonds. The zero-order valence-corrected chi connectivity index (χ0v) is 26.2. The minimum Gasteiger partial charge on any atom is -0.507 e. The molecule has 244 valence electrons. The maximum absolute atomic E-state index is 14.3. The number of rotatable bonds is 6. The molecule has 4 aliphatic rings. The second-order valence-electron chi connectivity index (χ2n) is 13.3. The van der Waals surface area contributed by atoms with Crippen molar-refractivity contribution in [1.82, 2.24) is 9.80 Å². The van der Waals surface area contributed by atoms with Gasteiger partial charge in [0.25, 0.3) is 0 Å². The first-order valence-electron chi connectivity index (χ1n) is 15.5. The molecule has 2 aromatic rings. The topological polar surface area (TPSA) is 188 Å². The molecule has 6 rings (SSSR count). The van der Waals surface area contributed by atoms with Gasteiger partial charge in [0.15, 0.2) is 34.7 Å². The summed E-state index contributed by atoms with van der Waals surface area (Å²) in [6.45, 7) is 4.36. The number of phenols is 1. The van der Waals surface area contributed by atoms with E-state index < -0.39 is 82.1 Å². The Balaban J connectivity index is 1.47. The summed E-state index contributed by atoms with van der Waals surface area (Å²) >= 11 is 0. The van der Waals surface area contributed by atoms with Gasteiger partial charge in [-0.2, -0.15) is 0 Å². The summed E-state index contributed by atoms with van der Waals surface area (Å²) in [4.78, 5) is 71.4. The minimum atomic E-state index is -3.05. The van der Waals surface area contributed by atoms with Crippen LogP contribution < -0.4 is 10.5 Å². The van der Waals surface area contributed by atoms with E-state index in [4.69, 9.17) is 10.5 Å². The Hall–Kier alpha value is -3.97. The molecule has 12 nitrogen and oxygen atoms in total. The van der Waals surface area contributed by atoms with Crippen molar-refractivity contribution in [1.29, 1.82) is 0 Å². The molecule has 1 heterocycles. The maximum Gasteiger partial charge on any atom is 0.235 e. The minimum absolute atomic E-state index is 0.157. The number of primary amides is 1. The molecule has 46 heavy (non-hydrogen) atoms. The highest BCUT2D eigenvalue weighted by atomic mass is 16.5. The number of aromatic hydroxyl groups is 1. The van der Waals surface area contributed by atoms with Gasteiger partial charge in [0, 0.05) is 23.6 Å². The van der Waals surface area contributed by atoms with E-state index in [1.807, 2.05) is 12.1 Å². The number of ether oxygens (including phenoxy) is 1. The number of nitrogens with zero attached hydrogens (tertiary/aromatic N) is 2. The molecular formula is C34H39N3O9. The Morgan fingerprint density at radius 1 is 1.07 bits per heavy atom. The van der Waals surface area contributed by atoms with E-state index in [-0.39, 0.29) is 5.56 Å². The van der Waals surface area contributed by atoms with Gasteiger partial charge < -0.3 is 25.8 Å². The lowest BCUT2D eigenvalue weighted by atomic mass is 9.49. The second-order valence-corrected chi connectivity index (χ2v) is 13.3. The number of ketones is 4. The van der Waals surface area contributed by atoms with Crippen LogP contribution in [0.1, 0.15) is 47.2 Å². The van der Waals surface area contributed by atoms with Gasteiger partial charge in [-0.3, -0.25) is 33.8 Å². The lowest BCUT2D eigenvalue weighted by Gasteiger charge is -2.56. The molecule has 8 atom stereocenters. The lowest BCUT2D eigenvalue weighted by Crippen LogP contribution is -2.77. The molecule has 0 bridgehead atoms. The average Bonchev–Trinajstić information content (AvgIpc) is 3.51. The van der Waals surface area contributed by atoms with Crippen LogP contribution in [0.3, 0.4) is 0 Å². The number of fused-ring (bicyclic) bond motifs is 3. The molecule has 2 saturated carbocycles.